The maximum absolute atomic E-state index is 13.6. The molecule has 4 heteroatoms. The van der Waals surface area contributed by atoms with Crippen LogP contribution in [0.15, 0.2) is 24.3 Å². The molecule has 4 nitrogen and oxygen atoms in total. The van der Waals surface area contributed by atoms with Crippen LogP contribution in [0.3, 0.4) is 0 Å². The summed E-state index contributed by atoms with van der Waals surface area (Å²) in [4.78, 5) is 28.5. The van der Waals surface area contributed by atoms with Gasteiger partial charge in [0.1, 0.15) is 6.04 Å². The van der Waals surface area contributed by atoms with Crippen molar-refractivity contribution in [3.63, 3.8) is 0 Å². The molecule has 0 aromatic heterocycles. The maximum Gasteiger partial charge on any atom is 0.251 e. The van der Waals surface area contributed by atoms with Crippen LogP contribution in [0.4, 0.5) is 0 Å². The van der Waals surface area contributed by atoms with Crippen molar-refractivity contribution in [1.82, 2.24) is 10.2 Å². The number of amides is 2. The predicted octanol–water partition coefficient (Wildman–Crippen LogP) is 4.18. The van der Waals surface area contributed by atoms with Crippen molar-refractivity contribution in [1.29, 1.82) is 0 Å². The van der Waals surface area contributed by atoms with Crippen LogP contribution < -0.4 is 5.32 Å². The van der Waals surface area contributed by atoms with Crippen LogP contribution in [-0.4, -0.2) is 35.8 Å². The van der Waals surface area contributed by atoms with E-state index in [0.717, 1.165) is 42.6 Å². The SMILES string of the molecule is CCN(CC)C(=O)C(NC(=O)c1ccc(C)cc1)C12CC3CC(CC(C3)C1)C2. The average molecular weight is 383 g/mol. The molecule has 1 aromatic carbocycles. The third-order valence-corrected chi connectivity index (χ3v) is 7.61. The number of aryl methyl sites for hydroxylation is 1. The number of carbonyl (C=O) groups excluding carboxylic acids is 2. The third kappa shape index (κ3) is 3.46. The highest BCUT2D eigenvalue weighted by Crippen LogP contribution is 2.61. The molecule has 4 fully saturated rings. The molecule has 4 saturated carbocycles. The Hall–Kier alpha value is -1.84. The molecule has 0 radical (unpaired) electrons. The molecule has 5 rings (SSSR count). The van der Waals surface area contributed by atoms with Gasteiger partial charge in [-0.05, 0) is 89.2 Å². The first-order chi connectivity index (χ1) is 13.4. The van der Waals surface area contributed by atoms with Gasteiger partial charge in [-0.15, -0.1) is 0 Å². The minimum absolute atomic E-state index is 0.0468. The lowest BCUT2D eigenvalue weighted by Crippen LogP contribution is -2.62. The summed E-state index contributed by atoms with van der Waals surface area (Å²) in [6, 6.07) is 7.25. The van der Waals surface area contributed by atoms with Crippen LogP contribution in [0.25, 0.3) is 0 Å². The zero-order valence-electron chi connectivity index (χ0n) is 17.5. The minimum Gasteiger partial charge on any atom is -0.341 e. The Morgan fingerprint density at radius 1 is 1.00 bits per heavy atom. The van der Waals surface area contributed by atoms with Gasteiger partial charge in [0, 0.05) is 24.1 Å². The molecule has 4 aliphatic rings. The number of carbonyl (C=O) groups is 2. The average Bonchev–Trinajstić information content (AvgIpc) is 2.66. The van der Waals surface area contributed by atoms with Crippen LogP contribution in [0.2, 0.25) is 0 Å². The Balaban J connectivity index is 1.63. The van der Waals surface area contributed by atoms with Crippen molar-refractivity contribution in [3.05, 3.63) is 35.4 Å². The molecule has 2 amide bonds. The number of hydrogen-bond acceptors (Lipinski definition) is 2. The quantitative estimate of drug-likeness (QED) is 0.802. The zero-order chi connectivity index (χ0) is 19.9. The molecular weight excluding hydrogens is 348 g/mol. The molecule has 0 spiro atoms. The van der Waals surface area contributed by atoms with E-state index in [4.69, 9.17) is 0 Å². The molecule has 0 heterocycles. The van der Waals surface area contributed by atoms with E-state index in [0.29, 0.717) is 18.7 Å². The molecule has 0 aliphatic heterocycles. The molecule has 0 saturated heterocycles. The van der Waals surface area contributed by atoms with Crippen LogP contribution in [0, 0.1) is 30.1 Å². The Labute approximate surface area is 169 Å². The van der Waals surface area contributed by atoms with Crippen LogP contribution >= 0.6 is 0 Å². The smallest absolute Gasteiger partial charge is 0.251 e. The largest absolute Gasteiger partial charge is 0.341 e. The second kappa shape index (κ2) is 7.53. The number of likely N-dealkylation sites (N-methyl/N-ethyl adjacent to an activating group) is 1. The van der Waals surface area contributed by atoms with Gasteiger partial charge in [-0.25, -0.2) is 0 Å². The minimum atomic E-state index is -0.394. The lowest BCUT2D eigenvalue weighted by Gasteiger charge is -2.59. The standard InChI is InChI=1S/C24H34N2O2/c1-4-26(5-2)23(28)21(25-22(27)20-8-6-16(3)7-9-20)24-13-17-10-18(14-24)12-19(11-17)15-24/h6-9,17-19,21H,4-5,10-15H2,1-3H3,(H,25,27). The fourth-order valence-electron chi connectivity index (χ4n) is 6.65. The Morgan fingerprint density at radius 2 is 1.50 bits per heavy atom. The molecule has 4 bridgehead atoms. The van der Waals surface area contributed by atoms with Crippen LogP contribution in [0.1, 0.15) is 68.3 Å². The Bertz CT molecular complexity index is 700. The predicted molar refractivity (Wildman–Crippen MR) is 111 cm³/mol. The summed E-state index contributed by atoms with van der Waals surface area (Å²) >= 11 is 0. The van der Waals surface area contributed by atoms with Gasteiger partial charge in [0.05, 0.1) is 0 Å². The van der Waals surface area contributed by atoms with Gasteiger partial charge in [0.15, 0.2) is 0 Å². The summed E-state index contributed by atoms with van der Waals surface area (Å²) in [6.07, 6.45) is 7.30. The van der Waals surface area contributed by atoms with Crippen LogP contribution in [-0.2, 0) is 4.79 Å². The maximum atomic E-state index is 13.6. The molecule has 28 heavy (non-hydrogen) atoms. The molecule has 1 unspecified atom stereocenters. The summed E-state index contributed by atoms with van der Waals surface area (Å²) in [5.41, 5.74) is 1.73. The van der Waals surface area contributed by atoms with Crippen molar-refractivity contribution in [3.8, 4) is 0 Å². The van der Waals surface area contributed by atoms with Gasteiger partial charge in [0.2, 0.25) is 5.91 Å². The number of benzene rings is 1. The van der Waals surface area contributed by atoms with Gasteiger partial charge in [-0.2, -0.15) is 0 Å². The summed E-state index contributed by atoms with van der Waals surface area (Å²) < 4.78 is 0. The molecule has 4 aliphatic carbocycles. The molecular formula is C24H34N2O2. The van der Waals surface area contributed by atoms with Gasteiger partial charge in [-0.3, -0.25) is 9.59 Å². The van der Waals surface area contributed by atoms with E-state index < -0.39 is 6.04 Å². The first kappa shape index (κ1) is 19.5. The van der Waals surface area contributed by atoms with Gasteiger partial charge < -0.3 is 10.2 Å². The lowest BCUT2D eigenvalue weighted by atomic mass is 9.47. The molecule has 1 N–H and O–H groups in total. The highest BCUT2D eigenvalue weighted by Gasteiger charge is 2.56. The van der Waals surface area contributed by atoms with E-state index >= 15 is 0 Å². The van der Waals surface area contributed by atoms with Crippen molar-refractivity contribution >= 4 is 11.8 Å². The van der Waals surface area contributed by atoms with E-state index in [1.54, 1.807) is 0 Å². The second-order valence-corrected chi connectivity index (χ2v) is 9.56. The number of nitrogens with zero attached hydrogens (tertiary/aromatic N) is 1. The Kier molecular flexibility index (Phi) is 5.24. The number of rotatable bonds is 6. The van der Waals surface area contributed by atoms with Crippen LogP contribution in [0.5, 0.6) is 0 Å². The summed E-state index contributed by atoms with van der Waals surface area (Å²) in [6.45, 7) is 7.46. The van der Waals surface area contributed by atoms with E-state index in [9.17, 15) is 9.59 Å². The third-order valence-electron chi connectivity index (χ3n) is 7.61. The zero-order valence-corrected chi connectivity index (χ0v) is 17.5. The highest BCUT2D eigenvalue weighted by atomic mass is 16.2. The molecule has 1 atom stereocenters. The van der Waals surface area contributed by atoms with Crippen molar-refractivity contribution in [2.45, 2.75) is 65.3 Å². The van der Waals surface area contributed by atoms with E-state index in [1.807, 2.05) is 49.9 Å². The number of hydrogen-bond donors (Lipinski definition) is 1. The second-order valence-electron chi connectivity index (χ2n) is 9.56. The molecule has 1 aromatic rings. The van der Waals surface area contributed by atoms with E-state index in [2.05, 4.69) is 5.32 Å². The highest BCUT2D eigenvalue weighted by molar-refractivity contribution is 5.98. The first-order valence-corrected chi connectivity index (χ1v) is 11.1. The first-order valence-electron chi connectivity index (χ1n) is 11.1. The summed E-state index contributed by atoms with van der Waals surface area (Å²) in [5.74, 6) is 2.24. The fourth-order valence-corrected chi connectivity index (χ4v) is 6.65. The fraction of sp³-hybridized carbons (Fsp3) is 0.667. The van der Waals surface area contributed by atoms with Gasteiger partial charge in [-0.1, -0.05) is 17.7 Å². The van der Waals surface area contributed by atoms with Gasteiger partial charge in [0.25, 0.3) is 5.91 Å². The monoisotopic (exact) mass is 382 g/mol. The van der Waals surface area contributed by atoms with Crippen molar-refractivity contribution < 1.29 is 9.59 Å². The Morgan fingerprint density at radius 3 is 1.96 bits per heavy atom. The summed E-state index contributed by atoms with van der Waals surface area (Å²) in [7, 11) is 0. The van der Waals surface area contributed by atoms with E-state index in [1.165, 1.54) is 19.3 Å². The van der Waals surface area contributed by atoms with Crippen molar-refractivity contribution in [2.24, 2.45) is 23.2 Å². The van der Waals surface area contributed by atoms with E-state index in [-0.39, 0.29) is 17.2 Å². The van der Waals surface area contributed by atoms with Gasteiger partial charge >= 0.3 is 0 Å². The topological polar surface area (TPSA) is 49.4 Å². The lowest BCUT2D eigenvalue weighted by molar-refractivity contribution is -0.144. The van der Waals surface area contributed by atoms with Crippen molar-refractivity contribution in [2.75, 3.05) is 13.1 Å². The normalized spacial score (nSPS) is 31.5. The molecule has 152 valence electrons. The summed E-state index contributed by atoms with van der Waals surface area (Å²) in [5, 5.41) is 3.23. The number of nitrogens with one attached hydrogen (secondary N) is 1.